The summed E-state index contributed by atoms with van der Waals surface area (Å²) in [5.74, 6) is 0. The lowest BCUT2D eigenvalue weighted by atomic mass is 10.1. The van der Waals surface area contributed by atoms with Crippen molar-refractivity contribution < 1.29 is 9.90 Å². The van der Waals surface area contributed by atoms with Crippen molar-refractivity contribution in [2.24, 2.45) is 0 Å². The number of hydrogen-bond donors (Lipinski definition) is 2. The first kappa shape index (κ1) is 14.2. The molecule has 0 fully saturated rings. The Morgan fingerprint density at radius 3 is 2.27 bits per heavy atom. The zero-order valence-corrected chi connectivity index (χ0v) is 10.1. The van der Waals surface area contributed by atoms with Gasteiger partial charge in [-0.15, -0.1) is 0 Å². The second kappa shape index (κ2) is 8.53. The van der Waals surface area contributed by atoms with E-state index in [0.717, 1.165) is 32.4 Å². The second-order valence-corrected chi connectivity index (χ2v) is 3.68. The average Bonchev–Trinajstić information content (AvgIpc) is 2.19. The summed E-state index contributed by atoms with van der Waals surface area (Å²) in [5.41, 5.74) is 0. The summed E-state index contributed by atoms with van der Waals surface area (Å²) in [7, 11) is 0. The van der Waals surface area contributed by atoms with Gasteiger partial charge in [0, 0.05) is 12.6 Å². The van der Waals surface area contributed by atoms with Crippen LogP contribution < -0.4 is 5.32 Å². The Kier molecular flexibility index (Phi) is 8.09. The van der Waals surface area contributed by atoms with Crippen LogP contribution in [0.2, 0.25) is 0 Å². The highest BCUT2D eigenvalue weighted by Crippen LogP contribution is 2.10. The van der Waals surface area contributed by atoms with Crippen LogP contribution >= 0.6 is 0 Å². The average molecular weight is 216 g/mol. The molecule has 0 aromatic heterocycles. The molecule has 1 atom stereocenters. The first-order valence-electron chi connectivity index (χ1n) is 5.86. The summed E-state index contributed by atoms with van der Waals surface area (Å²) in [4.78, 5) is 12.7. The fourth-order valence-corrected chi connectivity index (χ4v) is 1.93. The van der Waals surface area contributed by atoms with E-state index < -0.39 is 6.09 Å². The monoisotopic (exact) mass is 216 g/mol. The van der Waals surface area contributed by atoms with E-state index in [2.05, 4.69) is 31.0 Å². The molecule has 4 heteroatoms. The zero-order chi connectivity index (χ0) is 11.7. The SMILES string of the molecule is CCCC(CCNC(=O)O)N(CC)CC. The minimum atomic E-state index is -0.926. The highest BCUT2D eigenvalue weighted by atomic mass is 16.4. The van der Waals surface area contributed by atoms with E-state index in [1.54, 1.807) is 0 Å². The van der Waals surface area contributed by atoms with E-state index in [0.29, 0.717) is 12.6 Å². The van der Waals surface area contributed by atoms with Crippen molar-refractivity contribution in [3.8, 4) is 0 Å². The minimum absolute atomic E-state index is 0.511. The Morgan fingerprint density at radius 2 is 1.87 bits per heavy atom. The molecule has 15 heavy (non-hydrogen) atoms. The van der Waals surface area contributed by atoms with Gasteiger partial charge in [0.05, 0.1) is 0 Å². The zero-order valence-electron chi connectivity index (χ0n) is 10.1. The Balaban J connectivity index is 3.96. The van der Waals surface area contributed by atoms with Crippen LogP contribution in [0.4, 0.5) is 4.79 Å². The predicted octanol–water partition coefficient (Wildman–Crippen LogP) is 2.15. The molecule has 0 saturated carbocycles. The standard InChI is InChI=1S/C11H24N2O2/c1-4-7-10(13(5-2)6-3)8-9-12-11(14)15/h10,12H,4-9H2,1-3H3,(H,14,15). The van der Waals surface area contributed by atoms with Gasteiger partial charge in [-0.3, -0.25) is 0 Å². The maximum Gasteiger partial charge on any atom is 0.404 e. The van der Waals surface area contributed by atoms with Gasteiger partial charge in [-0.25, -0.2) is 4.79 Å². The molecular weight excluding hydrogens is 192 g/mol. The summed E-state index contributed by atoms with van der Waals surface area (Å²) in [6.07, 6.45) is 2.27. The first-order valence-corrected chi connectivity index (χ1v) is 5.86. The third kappa shape index (κ3) is 6.33. The Morgan fingerprint density at radius 1 is 1.27 bits per heavy atom. The van der Waals surface area contributed by atoms with Gasteiger partial charge in [-0.1, -0.05) is 27.2 Å². The Labute approximate surface area is 92.7 Å². The first-order chi connectivity index (χ1) is 7.15. The maximum atomic E-state index is 10.3. The molecule has 4 nitrogen and oxygen atoms in total. The minimum Gasteiger partial charge on any atom is -0.465 e. The maximum absolute atomic E-state index is 10.3. The third-order valence-electron chi connectivity index (χ3n) is 2.70. The molecule has 1 amide bonds. The molecule has 0 aromatic rings. The summed E-state index contributed by atoms with van der Waals surface area (Å²) in [6, 6.07) is 0.511. The van der Waals surface area contributed by atoms with Gasteiger partial charge < -0.3 is 15.3 Å². The van der Waals surface area contributed by atoms with Crippen molar-refractivity contribution in [2.45, 2.75) is 46.1 Å². The summed E-state index contributed by atoms with van der Waals surface area (Å²) >= 11 is 0. The van der Waals surface area contributed by atoms with Crippen molar-refractivity contribution in [3.05, 3.63) is 0 Å². The van der Waals surface area contributed by atoms with Crippen LogP contribution in [-0.4, -0.2) is 41.8 Å². The van der Waals surface area contributed by atoms with E-state index >= 15 is 0 Å². The number of hydrogen-bond acceptors (Lipinski definition) is 2. The van der Waals surface area contributed by atoms with Gasteiger partial charge in [0.25, 0.3) is 0 Å². The van der Waals surface area contributed by atoms with Crippen molar-refractivity contribution in [1.82, 2.24) is 10.2 Å². The van der Waals surface area contributed by atoms with Crippen molar-refractivity contribution in [1.29, 1.82) is 0 Å². The molecule has 90 valence electrons. The molecule has 0 aliphatic heterocycles. The molecule has 2 N–H and O–H groups in total. The van der Waals surface area contributed by atoms with Crippen LogP contribution in [-0.2, 0) is 0 Å². The molecular formula is C11H24N2O2. The fraction of sp³-hybridized carbons (Fsp3) is 0.909. The number of amides is 1. The smallest absolute Gasteiger partial charge is 0.404 e. The number of carbonyl (C=O) groups is 1. The van der Waals surface area contributed by atoms with Gasteiger partial charge in [-0.2, -0.15) is 0 Å². The van der Waals surface area contributed by atoms with Crippen LogP contribution in [0.25, 0.3) is 0 Å². The molecule has 0 radical (unpaired) electrons. The molecule has 0 aromatic carbocycles. The topological polar surface area (TPSA) is 52.6 Å². The molecule has 0 rings (SSSR count). The Bertz CT molecular complexity index is 170. The summed E-state index contributed by atoms with van der Waals surface area (Å²) in [5, 5.41) is 10.9. The van der Waals surface area contributed by atoms with Crippen LogP contribution in [0.5, 0.6) is 0 Å². The lowest BCUT2D eigenvalue weighted by Crippen LogP contribution is -2.37. The normalized spacial score (nSPS) is 12.8. The second-order valence-electron chi connectivity index (χ2n) is 3.68. The van der Waals surface area contributed by atoms with Crippen molar-refractivity contribution in [3.63, 3.8) is 0 Å². The van der Waals surface area contributed by atoms with Crippen LogP contribution in [0.3, 0.4) is 0 Å². The summed E-state index contributed by atoms with van der Waals surface area (Å²) < 4.78 is 0. The lowest BCUT2D eigenvalue weighted by molar-refractivity contribution is 0.181. The van der Waals surface area contributed by atoms with E-state index in [4.69, 9.17) is 5.11 Å². The molecule has 0 aliphatic carbocycles. The van der Waals surface area contributed by atoms with E-state index in [-0.39, 0.29) is 0 Å². The third-order valence-corrected chi connectivity index (χ3v) is 2.70. The van der Waals surface area contributed by atoms with Crippen molar-refractivity contribution in [2.75, 3.05) is 19.6 Å². The highest BCUT2D eigenvalue weighted by molar-refractivity contribution is 5.64. The number of carboxylic acid groups (broad SMARTS) is 1. The molecule has 1 unspecified atom stereocenters. The molecule has 0 aliphatic rings. The number of nitrogens with one attached hydrogen (secondary N) is 1. The molecule has 0 saturated heterocycles. The van der Waals surface area contributed by atoms with Crippen molar-refractivity contribution >= 4 is 6.09 Å². The highest BCUT2D eigenvalue weighted by Gasteiger charge is 2.14. The molecule has 0 spiro atoms. The Hall–Kier alpha value is -0.770. The van der Waals surface area contributed by atoms with E-state index in [9.17, 15) is 4.79 Å². The van der Waals surface area contributed by atoms with E-state index in [1.165, 1.54) is 0 Å². The van der Waals surface area contributed by atoms with Gasteiger partial charge in [0.15, 0.2) is 0 Å². The van der Waals surface area contributed by atoms with Crippen LogP contribution in [0.15, 0.2) is 0 Å². The molecule has 0 bridgehead atoms. The van der Waals surface area contributed by atoms with E-state index in [1.807, 2.05) is 0 Å². The van der Waals surface area contributed by atoms with Gasteiger partial charge in [0.1, 0.15) is 0 Å². The largest absolute Gasteiger partial charge is 0.465 e. The van der Waals surface area contributed by atoms with Crippen LogP contribution in [0.1, 0.15) is 40.0 Å². The van der Waals surface area contributed by atoms with Gasteiger partial charge >= 0.3 is 6.09 Å². The number of rotatable bonds is 8. The number of nitrogens with zero attached hydrogens (tertiary/aromatic N) is 1. The quantitative estimate of drug-likeness (QED) is 0.653. The van der Waals surface area contributed by atoms with Gasteiger partial charge in [0.2, 0.25) is 0 Å². The fourth-order valence-electron chi connectivity index (χ4n) is 1.93. The molecule has 0 heterocycles. The van der Waals surface area contributed by atoms with Gasteiger partial charge in [-0.05, 0) is 25.9 Å². The summed E-state index contributed by atoms with van der Waals surface area (Å²) in [6.45, 7) is 9.09. The van der Waals surface area contributed by atoms with Crippen LogP contribution in [0, 0.1) is 0 Å². The lowest BCUT2D eigenvalue weighted by Gasteiger charge is -2.29. The predicted molar refractivity (Wildman–Crippen MR) is 62.3 cm³/mol.